The third-order valence-corrected chi connectivity index (χ3v) is 2.69. The van der Waals surface area contributed by atoms with E-state index in [0.29, 0.717) is 31.2 Å². The van der Waals surface area contributed by atoms with E-state index in [1.54, 1.807) is 7.11 Å². The van der Waals surface area contributed by atoms with Crippen molar-refractivity contribution < 1.29 is 4.74 Å². The van der Waals surface area contributed by atoms with Crippen LogP contribution >= 0.6 is 0 Å². The number of ether oxygens (including phenoxy) is 1. The maximum Gasteiger partial charge on any atom is 0.205 e. The van der Waals surface area contributed by atoms with E-state index in [2.05, 4.69) is 48.3 Å². The molecule has 0 spiro atoms. The monoisotopic (exact) mass is 259 g/mol. The third-order valence-electron chi connectivity index (χ3n) is 2.69. The Balaban J connectivity index is 4.08. The Morgan fingerprint density at radius 3 is 2.33 bits per heavy atom. The van der Waals surface area contributed by atoms with Crippen LogP contribution in [0.4, 0.5) is 0 Å². The zero-order valence-electron chi connectivity index (χ0n) is 12.4. The molecule has 0 saturated heterocycles. The first-order valence-corrected chi connectivity index (χ1v) is 6.52. The van der Waals surface area contributed by atoms with Crippen molar-refractivity contribution in [3.63, 3.8) is 0 Å². The first-order valence-electron chi connectivity index (χ1n) is 6.52. The van der Waals surface area contributed by atoms with Crippen LogP contribution in [0.5, 0.6) is 0 Å². The van der Waals surface area contributed by atoms with Gasteiger partial charge in [-0.25, -0.2) is 5.84 Å². The summed E-state index contributed by atoms with van der Waals surface area (Å²) in [5.41, 5.74) is 2.56. The van der Waals surface area contributed by atoms with Gasteiger partial charge >= 0.3 is 0 Å². The van der Waals surface area contributed by atoms with Crippen LogP contribution in [0.1, 0.15) is 27.7 Å². The van der Waals surface area contributed by atoms with Crippen molar-refractivity contribution in [3.8, 4) is 0 Å². The van der Waals surface area contributed by atoms with Gasteiger partial charge in [0.1, 0.15) is 0 Å². The fraction of sp³-hybridized carbons (Fsp3) is 0.917. The smallest absolute Gasteiger partial charge is 0.205 e. The molecule has 18 heavy (non-hydrogen) atoms. The van der Waals surface area contributed by atoms with E-state index in [9.17, 15) is 0 Å². The summed E-state index contributed by atoms with van der Waals surface area (Å²) >= 11 is 0. The second-order valence-corrected chi connectivity index (χ2v) is 4.72. The highest BCUT2D eigenvalue weighted by Gasteiger charge is 2.12. The fourth-order valence-electron chi connectivity index (χ4n) is 1.81. The highest BCUT2D eigenvalue weighted by Crippen LogP contribution is 2.03. The third kappa shape index (κ3) is 7.47. The molecule has 0 radical (unpaired) electrons. The molecule has 0 saturated carbocycles. The van der Waals surface area contributed by atoms with Crippen LogP contribution in [0.3, 0.4) is 0 Å². The Kier molecular flexibility index (Phi) is 9.63. The number of nitrogens with two attached hydrogens (primary N) is 1. The number of rotatable bonds is 8. The molecule has 0 amide bonds. The average molecular weight is 259 g/mol. The Morgan fingerprint density at radius 1 is 1.28 bits per heavy atom. The number of nitrogens with one attached hydrogen (secondary N) is 2. The van der Waals surface area contributed by atoms with Gasteiger partial charge in [0.05, 0.1) is 13.2 Å². The fourth-order valence-corrected chi connectivity index (χ4v) is 1.81. The molecule has 0 bridgehead atoms. The van der Waals surface area contributed by atoms with Crippen LogP contribution in [0, 0.1) is 0 Å². The molecule has 0 aliphatic rings. The van der Waals surface area contributed by atoms with E-state index in [-0.39, 0.29) is 0 Å². The molecule has 4 N–H and O–H groups in total. The highest BCUT2D eigenvalue weighted by atomic mass is 16.5. The van der Waals surface area contributed by atoms with Crippen LogP contribution in [0.15, 0.2) is 4.99 Å². The summed E-state index contributed by atoms with van der Waals surface area (Å²) in [6.07, 6.45) is 0. The van der Waals surface area contributed by atoms with Gasteiger partial charge < -0.3 is 10.1 Å². The second kappa shape index (κ2) is 10.1. The molecule has 0 unspecified atom stereocenters. The van der Waals surface area contributed by atoms with Crippen molar-refractivity contribution in [2.24, 2.45) is 10.8 Å². The standard InChI is InChI=1S/C12H29N5O/c1-10(2)17(11(3)4)8-6-14-12(16-13)15-7-9-18-5/h10-11H,6-9,13H2,1-5H3,(H2,14,15,16). The molecular formula is C12H29N5O. The maximum absolute atomic E-state index is 5.39. The molecule has 0 aliphatic heterocycles. The molecule has 6 heteroatoms. The normalized spacial score (nSPS) is 12.6. The van der Waals surface area contributed by atoms with Crippen molar-refractivity contribution in [2.75, 3.05) is 33.4 Å². The van der Waals surface area contributed by atoms with Gasteiger partial charge in [0, 0.05) is 32.3 Å². The highest BCUT2D eigenvalue weighted by molar-refractivity contribution is 5.79. The minimum Gasteiger partial charge on any atom is -0.383 e. The first kappa shape index (κ1) is 17.2. The minimum atomic E-state index is 0.524. The molecule has 0 aliphatic carbocycles. The number of hydrogen-bond donors (Lipinski definition) is 3. The molecule has 6 nitrogen and oxygen atoms in total. The zero-order valence-corrected chi connectivity index (χ0v) is 12.4. The molecular weight excluding hydrogens is 230 g/mol. The lowest BCUT2D eigenvalue weighted by molar-refractivity contribution is 0.181. The van der Waals surface area contributed by atoms with Gasteiger partial charge in [-0.2, -0.15) is 0 Å². The summed E-state index contributed by atoms with van der Waals surface area (Å²) in [4.78, 5) is 6.79. The molecule has 0 atom stereocenters. The van der Waals surface area contributed by atoms with E-state index in [0.717, 1.165) is 13.1 Å². The predicted molar refractivity (Wildman–Crippen MR) is 76.5 cm³/mol. The molecule has 0 rings (SSSR count). The molecule has 0 fully saturated rings. The number of aliphatic imine (C=N–C) groups is 1. The van der Waals surface area contributed by atoms with Gasteiger partial charge in [-0.15, -0.1) is 0 Å². The van der Waals surface area contributed by atoms with Crippen molar-refractivity contribution >= 4 is 5.96 Å². The molecule has 0 aromatic carbocycles. The summed E-state index contributed by atoms with van der Waals surface area (Å²) in [6.45, 7) is 11.8. The van der Waals surface area contributed by atoms with Gasteiger partial charge in [0.15, 0.2) is 0 Å². The molecule has 108 valence electrons. The van der Waals surface area contributed by atoms with Gasteiger partial charge in [-0.3, -0.25) is 15.3 Å². The van der Waals surface area contributed by atoms with Gasteiger partial charge in [-0.1, -0.05) is 0 Å². The lowest BCUT2D eigenvalue weighted by Gasteiger charge is -2.29. The zero-order chi connectivity index (χ0) is 14.0. The van der Waals surface area contributed by atoms with Gasteiger partial charge in [0.2, 0.25) is 5.96 Å². The molecule has 0 aromatic rings. The lowest BCUT2D eigenvalue weighted by atomic mass is 10.2. The summed E-state index contributed by atoms with van der Waals surface area (Å²) in [5.74, 6) is 6.00. The van der Waals surface area contributed by atoms with Crippen LogP contribution in [-0.4, -0.2) is 56.3 Å². The Hall–Kier alpha value is -0.850. The van der Waals surface area contributed by atoms with Crippen LogP contribution in [-0.2, 0) is 4.74 Å². The van der Waals surface area contributed by atoms with E-state index in [1.807, 2.05) is 0 Å². The summed E-state index contributed by atoms with van der Waals surface area (Å²) in [5, 5.41) is 3.07. The summed E-state index contributed by atoms with van der Waals surface area (Å²) in [7, 11) is 1.66. The number of nitrogens with zero attached hydrogens (tertiary/aromatic N) is 2. The second-order valence-electron chi connectivity index (χ2n) is 4.72. The number of guanidine groups is 1. The van der Waals surface area contributed by atoms with Crippen LogP contribution < -0.4 is 16.6 Å². The summed E-state index contributed by atoms with van der Waals surface area (Å²) in [6, 6.07) is 1.05. The summed E-state index contributed by atoms with van der Waals surface area (Å²) < 4.78 is 4.95. The number of hydrazine groups is 1. The van der Waals surface area contributed by atoms with Gasteiger partial charge in [-0.05, 0) is 27.7 Å². The van der Waals surface area contributed by atoms with Crippen molar-refractivity contribution in [3.05, 3.63) is 0 Å². The number of hydrogen-bond acceptors (Lipinski definition) is 4. The Labute approximate surface area is 111 Å². The minimum absolute atomic E-state index is 0.524. The average Bonchev–Trinajstić information content (AvgIpc) is 2.31. The Bertz CT molecular complexity index is 223. The van der Waals surface area contributed by atoms with Crippen LogP contribution in [0.2, 0.25) is 0 Å². The topological polar surface area (TPSA) is 74.9 Å². The molecule has 0 aromatic heterocycles. The SMILES string of the molecule is COCCNC(=NCCN(C(C)C)C(C)C)NN. The van der Waals surface area contributed by atoms with Crippen molar-refractivity contribution in [1.82, 2.24) is 15.6 Å². The number of methoxy groups -OCH3 is 1. The van der Waals surface area contributed by atoms with E-state index in [4.69, 9.17) is 10.6 Å². The van der Waals surface area contributed by atoms with Crippen molar-refractivity contribution in [2.45, 2.75) is 39.8 Å². The van der Waals surface area contributed by atoms with Crippen LogP contribution in [0.25, 0.3) is 0 Å². The largest absolute Gasteiger partial charge is 0.383 e. The maximum atomic E-state index is 5.39. The Morgan fingerprint density at radius 2 is 1.89 bits per heavy atom. The lowest BCUT2D eigenvalue weighted by Crippen LogP contribution is -2.44. The van der Waals surface area contributed by atoms with E-state index >= 15 is 0 Å². The van der Waals surface area contributed by atoms with Gasteiger partial charge in [0.25, 0.3) is 0 Å². The first-order chi connectivity index (χ1) is 8.52. The van der Waals surface area contributed by atoms with Crippen molar-refractivity contribution in [1.29, 1.82) is 0 Å². The predicted octanol–water partition coefficient (Wildman–Crippen LogP) is 0.161. The quantitative estimate of drug-likeness (QED) is 0.190. The van der Waals surface area contributed by atoms with E-state index in [1.165, 1.54) is 0 Å². The molecule has 0 heterocycles. The van der Waals surface area contributed by atoms with E-state index < -0.39 is 0 Å².